The number of aldehydes is 1. The molecule has 6 heteroatoms. The summed E-state index contributed by atoms with van der Waals surface area (Å²) in [6.07, 6.45) is 7.76. The van der Waals surface area contributed by atoms with Gasteiger partial charge >= 0.3 is 0 Å². The second-order valence-corrected chi connectivity index (χ2v) is 3.54. The zero-order valence-corrected chi connectivity index (χ0v) is 9.78. The Morgan fingerprint density at radius 3 is 3.06 bits per heavy atom. The monoisotopic (exact) mass is 236 g/mol. The SMILES string of the molecule is CCCCCn1cc(N=NC(C=O)=CO)cn1. The van der Waals surface area contributed by atoms with E-state index in [1.54, 1.807) is 17.1 Å². The molecule has 0 saturated heterocycles. The third-order valence-electron chi connectivity index (χ3n) is 2.14. The van der Waals surface area contributed by atoms with Gasteiger partial charge in [0.05, 0.1) is 12.4 Å². The second kappa shape index (κ2) is 7.32. The molecule has 6 nitrogen and oxygen atoms in total. The average Bonchev–Trinajstić information content (AvgIpc) is 2.79. The van der Waals surface area contributed by atoms with E-state index in [1.807, 2.05) is 0 Å². The minimum Gasteiger partial charge on any atom is -0.513 e. The highest BCUT2D eigenvalue weighted by molar-refractivity contribution is 5.71. The van der Waals surface area contributed by atoms with Crippen LogP contribution in [-0.2, 0) is 11.3 Å². The van der Waals surface area contributed by atoms with Gasteiger partial charge in [0.25, 0.3) is 0 Å². The molecule has 1 aromatic rings. The lowest BCUT2D eigenvalue weighted by atomic mass is 10.2. The van der Waals surface area contributed by atoms with E-state index in [2.05, 4.69) is 22.3 Å². The van der Waals surface area contributed by atoms with E-state index < -0.39 is 0 Å². The first-order chi connectivity index (χ1) is 8.30. The van der Waals surface area contributed by atoms with Crippen molar-refractivity contribution in [3.63, 3.8) is 0 Å². The molecule has 0 aliphatic heterocycles. The van der Waals surface area contributed by atoms with Crippen LogP contribution in [0.2, 0.25) is 0 Å². The van der Waals surface area contributed by atoms with Gasteiger partial charge in [0.2, 0.25) is 0 Å². The molecule has 0 radical (unpaired) electrons. The molecule has 0 aromatic carbocycles. The number of allylic oxidation sites excluding steroid dienone is 1. The second-order valence-electron chi connectivity index (χ2n) is 3.54. The van der Waals surface area contributed by atoms with E-state index >= 15 is 0 Å². The molecule has 1 aromatic heterocycles. The number of aliphatic hydroxyl groups excluding tert-OH is 1. The minimum atomic E-state index is -0.122. The molecule has 0 saturated carbocycles. The molecule has 92 valence electrons. The third-order valence-corrected chi connectivity index (χ3v) is 2.14. The Balaban J connectivity index is 2.53. The summed E-state index contributed by atoms with van der Waals surface area (Å²) >= 11 is 0. The Hall–Kier alpha value is -1.98. The Morgan fingerprint density at radius 2 is 2.41 bits per heavy atom. The number of aryl methyl sites for hydroxylation is 1. The van der Waals surface area contributed by atoms with Gasteiger partial charge in [0.15, 0.2) is 12.0 Å². The van der Waals surface area contributed by atoms with Gasteiger partial charge in [-0.1, -0.05) is 19.8 Å². The highest BCUT2D eigenvalue weighted by Gasteiger charge is 1.97. The molecular formula is C11H16N4O2. The number of aliphatic hydroxyl groups is 1. The van der Waals surface area contributed by atoms with Gasteiger partial charge in [0.1, 0.15) is 11.9 Å². The van der Waals surface area contributed by atoms with Gasteiger partial charge in [-0.05, 0) is 6.42 Å². The Labute approximate surface area is 99.7 Å². The van der Waals surface area contributed by atoms with Crippen molar-refractivity contribution in [3.8, 4) is 0 Å². The predicted molar refractivity (Wildman–Crippen MR) is 63.0 cm³/mol. The van der Waals surface area contributed by atoms with Crippen molar-refractivity contribution in [2.24, 2.45) is 10.2 Å². The molecule has 17 heavy (non-hydrogen) atoms. The lowest BCUT2D eigenvalue weighted by Gasteiger charge is -1.98. The van der Waals surface area contributed by atoms with Crippen LogP contribution in [0, 0.1) is 0 Å². The number of rotatable bonds is 7. The standard InChI is InChI=1S/C11H16N4O2/c1-2-3-4-5-15-7-10(6-12-15)13-14-11(8-16)9-17/h6-9,16H,2-5H2,1H3. The minimum absolute atomic E-state index is 0.122. The highest BCUT2D eigenvalue weighted by Crippen LogP contribution is 2.12. The van der Waals surface area contributed by atoms with Gasteiger partial charge < -0.3 is 5.11 Å². The third kappa shape index (κ3) is 4.58. The quantitative estimate of drug-likeness (QED) is 0.260. The summed E-state index contributed by atoms with van der Waals surface area (Å²) in [5.41, 5.74) is 0.437. The van der Waals surface area contributed by atoms with Crippen LogP contribution >= 0.6 is 0 Å². The largest absolute Gasteiger partial charge is 0.513 e. The smallest absolute Gasteiger partial charge is 0.173 e. The molecule has 1 N–H and O–H groups in total. The van der Waals surface area contributed by atoms with E-state index in [0.29, 0.717) is 18.2 Å². The van der Waals surface area contributed by atoms with Crippen LogP contribution in [0.25, 0.3) is 0 Å². The lowest BCUT2D eigenvalue weighted by Crippen LogP contribution is -1.97. The number of unbranched alkanes of at least 4 members (excludes halogenated alkanes) is 2. The molecule has 0 unspecified atom stereocenters. The van der Waals surface area contributed by atoms with Crippen molar-refractivity contribution in [2.75, 3.05) is 0 Å². The van der Waals surface area contributed by atoms with E-state index in [-0.39, 0.29) is 5.70 Å². The van der Waals surface area contributed by atoms with Crippen LogP contribution < -0.4 is 0 Å². The molecule has 1 heterocycles. The summed E-state index contributed by atoms with van der Waals surface area (Å²) in [5.74, 6) is 0. The normalized spacial score (nSPS) is 12.2. The van der Waals surface area contributed by atoms with Crippen molar-refractivity contribution in [3.05, 3.63) is 24.4 Å². The summed E-state index contributed by atoms with van der Waals surface area (Å²) in [7, 11) is 0. The maximum absolute atomic E-state index is 10.3. The molecule has 0 amide bonds. The first kappa shape index (κ1) is 13.1. The number of nitrogens with zero attached hydrogens (tertiary/aromatic N) is 4. The number of hydrogen-bond donors (Lipinski definition) is 1. The summed E-state index contributed by atoms with van der Waals surface area (Å²) in [6, 6.07) is 0. The maximum Gasteiger partial charge on any atom is 0.173 e. The fraction of sp³-hybridized carbons (Fsp3) is 0.455. The Bertz CT molecular complexity index is 409. The molecule has 0 fully saturated rings. The van der Waals surface area contributed by atoms with E-state index in [1.165, 1.54) is 6.42 Å². The molecule has 0 atom stereocenters. The van der Waals surface area contributed by atoms with Crippen molar-refractivity contribution in [1.82, 2.24) is 9.78 Å². The van der Waals surface area contributed by atoms with Crippen molar-refractivity contribution >= 4 is 12.0 Å². The summed E-state index contributed by atoms with van der Waals surface area (Å²) in [4.78, 5) is 10.3. The van der Waals surface area contributed by atoms with Crippen LogP contribution in [0.3, 0.4) is 0 Å². The van der Waals surface area contributed by atoms with Crippen LogP contribution in [-0.4, -0.2) is 21.2 Å². The fourth-order valence-electron chi connectivity index (χ4n) is 1.25. The van der Waals surface area contributed by atoms with Gasteiger partial charge in [0, 0.05) is 6.54 Å². The van der Waals surface area contributed by atoms with Crippen LogP contribution in [0.1, 0.15) is 26.2 Å². The first-order valence-electron chi connectivity index (χ1n) is 5.54. The topological polar surface area (TPSA) is 79.8 Å². The van der Waals surface area contributed by atoms with E-state index in [0.717, 1.165) is 19.4 Å². The lowest BCUT2D eigenvalue weighted by molar-refractivity contribution is -0.105. The van der Waals surface area contributed by atoms with E-state index in [9.17, 15) is 4.79 Å². The van der Waals surface area contributed by atoms with Gasteiger partial charge in [-0.2, -0.15) is 5.10 Å². The Kier molecular flexibility index (Phi) is 5.63. The van der Waals surface area contributed by atoms with Gasteiger partial charge in [-0.25, -0.2) is 0 Å². The summed E-state index contributed by atoms with van der Waals surface area (Å²) in [6.45, 7) is 2.99. The predicted octanol–water partition coefficient (Wildman–Crippen LogP) is 2.76. The van der Waals surface area contributed by atoms with Crippen molar-refractivity contribution in [1.29, 1.82) is 0 Å². The van der Waals surface area contributed by atoms with Crippen molar-refractivity contribution < 1.29 is 9.90 Å². The number of carbonyl (C=O) groups excluding carboxylic acids is 1. The number of hydrogen-bond acceptors (Lipinski definition) is 5. The molecule has 0 aliphatic carbocycles. The van der Waals surface area contributed by atoms with Crippen LogP contribution in [0.5, 0.6) is 0 Å². The summed E-state index contributed by atoms with van der Waals surface area (Å²) < 4.78 is 1.78. The maximum atomic E-state index is 10.3. The Morgan fingerprint density at radius 1 is 1.59 bits per heavy atom. The van der Waals surface area contributed by atoms with Gasteiger partial charge in [-0.15, -0.1) is 10.2 Å². The van der Waals surface area contributed by atoms with Crippen LogP contribution in [0.15, 0.2) is 34.6 Å². The number of aromatic nitrogens is 2. The molecule has 0 spiro atoms. The van der Waals surface area contributed by atoms with Gasteiger partial charge in [-0.3, -0.25) is 9.48 Å². The molecule has 1 rings (SSSR count). The molecular weight excluding hydrogens is 220 g/mol. The number of carbonyl (C=O) groups is 1. The zero-order valence-electron chi connectivity index (χ0n) is 9.78. The average molecular weight is 236 g/mol. The fourth-order valence-corrected chi connectivity index (χ4v) is 1.25. The molecule has 0 aliphatic rings. The first-order valence-corrected chi connectivity index (χ1v) is 5.54. The van der Waals surface area contributed by atoms with E-state index in [4.69, 9.17) is 5.11 Å². The zero-order chi connectivity index (χ0) is 12.5. The summed E-state index contributed by atoms with van der Waals surface area (Å²) in [5, 5.41) is 20.0. The number of azo groups is 1. The molecule has 0 bridgehead atoms. The highest BCUT2D eigenvalue weighted by atomic mass is 16.2. The van der Waals surface area contributed by atoms with Crippen LogP contribution in [0.4, 0.5) is 5.69 Å². The van der Waals surface area contributed by atoms with Crippen molar-refractivity contribution in [2.45, 2.75) is 32.7 Å².